The topological polar surface area (TPSA) is 69.4 Å². The lowest BCUT2D eigenvalue weighted by molar-refractivity contribution is -0.385. The molecule has 0 saturated heterocycles. The Kier molecular flexibility index (Phi) is 6.19. The van der Waals surface area contributed by atoms with E-state index in [1.54, 1.807) is 25.1 Å². The van der Waals surface area contributed by atoms with Crippen molar-refractivity contribution >= 4 is 11.7 Å². The lowest BCUT2D eigenvalue weighted by Crippen LogP contribution is -1.91. The maximum absolute atomic E-state index is 10.2. The van der Waals surface area contributed by atoms with Crippen LogP contribution in [0, 0.1) is 17.0 Å². The second kappa shape index (κ2) is 7.17. The van der Waals surface area contributed by atoms with Gasteiger partial charge in [0.2, 0.25) is 0 Å². The Morgan fingerprint density at radius 1 is 1.50 bits per heavy atom. The number of hydrogen-bond donors (Lipinski definition) is 0. The molecule has 1 rings (SSSR count). The highest BCUT2D eigenvalue weighted by Gasteiger charge is 2.05. The van der Waals surface area contributed by atoms with Gasteiger partial charge < -0.3 is 4.74 Å². The summed E-state index contributed by atoms with van der Waals surface area (Å²) < 4.78 is 4.14. The van der Waals surface area contributed by atoms with Crippen LogP contribution in [0.4, 0.5) is 5.69 Å². The van der Waals surface area contributed by atoms with Gasteiger partial charge in [-0.3, -0.25) is 10.1 Å². The lowest BCUT2D eigenvalue weighted by Gasteiger charge is -1.92. The van der Waals surface area contributed by atoms with Crippen molar-refractivity contribution in [2.24, 2.45) is 0 Å². The second-order valence-corrected chi connectivity index (χ2v) is 2.77. The van der Waals surface area contributed by atoms with E-state index in [2.05, 4.69) is 11.3 Å². The molecule has 0 radical (unpaired) electrons. The first-order chi connectivity index (χ1) is 7.52. The summed E-state index contributed by atoms with van der Waals surface area (Å²) in [5.41, 5.74) is 0.884. The molecule has 16 heavy (non-hydrogen) atoms. The Morgan fingerprint density at radius 3 is 2.31 bits per heavy atom. The van der Waals surface area contributed by atoms with Crippen molar-refractivity contribution in [2.45, 2.75) is 6.92 Å². The molecule has 5 heteroatoms. The van der Waals surface area contributed by atoms with Crippen LogP contribution >= 0.6 is 0 Å². The number of esters is 1. The van der Waals surface area contributed by atoms with E-state index >= 15 is 0 Å². The number of nitrogens with zero attached hydrogens (tertiary/aromatic N) is 1. The number of ether oxygens (including phenoxy) is 1. The van der Waals surface area contributed by atoms with Crippen LogP contribution in [0.25, 0.3) is 0 Å². The van der Waals surface area contributed by atoms with E-state index < -0.39 is 5.97 Å². The monoisotopic (exact) mass is 223 g/mol. The van der Waals surface area contributed by atoms with E-state index in [0.717, 1.165) is 6.08 Å². The third kappa shape index (κ3) is 4.90. The third-order valence-electron chi connectivity index (χ3n) is 1.68. The molecular formula is C11H13NO4. The first-order valence-corrected chi connectivity index (χ1v) is 4.43. The molecule has 0 unspecified atom stereocenters. The fourth-order valence-electron chi connectivity index (χ4n) is 0.852. The molecule has 0 aliphatic heterocycles. The van der Waals surface area contributed by atoms with Gasteiger partial charge in [0.25, 0.3) is 5.69 Å². The van der Waals surface area contributed by atoms with Crippen molar-refractivity contribution < 1.29 is 14.5 Å². The van der Waals surface area contributed by atoms with Crippen LogP contribution in [-0.2, 0) is 9.53 Å². The number of nitro groups is 1. The van der Waals surface area contributed by atoms with E-state index in [4.69, 9.17) is 0 Å². The Bertz CT molecular complexity index is 387. The fourth-order valence-corrected chi connectivity index (χ4v) is 0.852. The van der Waals surface area contributed by atoms with Crippen LogP contribution in [0.2, 0.25) is 0 Å². The van der Waals surface area contributed by atoms with Crippen LogP contribution in [-0.4, -0.2) is 18.0 Å². The average molecular weight is 223 g/mol. The molecule has 0 aromatic heterocycles. The molecule has 1 aromatic rings. The van der Waals surface area contributed by atoms with Gasteiger partial charge in [0.15, 0.2) is 0 Å². The summed E-state index contributed by atoms with van der Waals surface area (Å²) in [6, 6.07) is 6.65. The molecule has 0 aliphatic rings. The number of carbonyl (C=O) groups excluding carboxylic acids is 1. The van der Waals surface area contributed by atoms with Gasteiger partial charge in [-0.05, 0) is 6.92 Å². The molecule has 86 valence electrons. The van der Waals surface area contributed by atoms with Crippen molar-refractivity contribution in [1.29, 1.82) is 0 Å². The van der Waals surface area contributed by atoms with Crippen molar-refractivity contribution in [2.75, 3.05) is 7.11 Å². The van der Waals surface area contributed by atoms with Gasteiger partial charge in [-0.1, -0.05) is 24.8 Å². The standard InChI is InChI=1S/C7H7NO2.C4H6O2/c1-6-4-2-3-5-7(6)8(9)10;1-3-4(5)6-2/h2-5H,1H3;3H,1H2,2H3. The zero-order valence-corrected chi connectivity index (χ0v) is 9.17. The van der Waals surface area contributed by atoms with Crippen molar-refractivity contribution in [1.82, 2.24) is 0 Å². The molecule has 5 nitrogen and oxygen atoms in total. The van der Waals surface area contributed by atoms with Crippen molar-refractivity contribution in [3.8, 4) is 0 Å². The smallest absolute Gasteiger partial charge is 0.329 e. The van der Waals surface area contributed by atoms with Crippen LogP contribution in [0.5, 0.6) is 0 Å². The lowest BCUT2D eigenvalue weighted by atomic mass is 10.2. The van der Waals surface area contributed by atoms with Crippen LogP contribution < -0.4 is 0 Å². The third-order valence-corrected chi connectivity index (χ3v) is 1.68. The molecule has 0 spiro atoms. The number of carbonyl (C=O) groups is 1. The zero-order chi connectivity index (χ0) is 12.6. The van der Waals surface area contributed by atoms with Gasteiger partial charge in [-0.15, -0.1) is 0 Å². The normalized spacial score (nSPS) is 8.38. The van der Waals surface area contributed by atoms with Gasteiger partial charge in [0, 0.05) is 17.7 Å². The van der Waals surface area contributed by atoms with E-state index in [9.17, 15) is 14.9 Å². The maximum Gasteiger partial charge on any atom is 0.329 e. The predicted molar refractivity (Wildman–Crippen MR) is 60.0 cm³/mol. The Balaban J connectivity index is 0.000000325. The number of rotatable bonds is 2. The van der Waals surface area contributed by atoms with Gasteiger partial charge in [0.05, 0.1) is 12.0 Å². The molecule has 0 fully saturated rings. The minimum Gasteiger partial charge on any atom is -0.466 e. The highest BCUT2D eigenvalue weighted by molar-refractivity contribution is 5.80. The maximum atomic E-state index is 10.2. The number of benzene rings is 1. The summed E-state index contributed by atoms with van der Waals surface area (Å²) >= 11 is 0. The highest BCUT2D eigenvalue weighted by Crippen LogP contribution is 2.14. The van der Waals surface area contributed by atoms with Crippen LogP contribution in [0.1, 0.15) is 5.56 Å². The summed E-state index contributed by atoms with van der Waals surface area (Å²) in [4.78, 5) is 19.7. The summed E-state index contributed by atoms with van der Waals surface area (Å²) in [7, 11) is 1.31. The second-order valence-electron chi connectivity index (χ2n) is 2.77. The summed E-state index contributed by atoms with van der Waals surface area (Å²) in [6.07, 6.45) is 1.11. The predicted octanol–water partition coefficient (Wildman–Crippen LogP) is 2.25. The van der Waals surface area contributed by atoms with E-state index in [-0.39, 0.29) is 10.6 Å². The zero-order valence-electron chi connectivity index (χ0n) is 9.17. The first kappa shape index (κ1) is 13.8. The van der Waals surface area contributed by atoms with E-state index in [1.807, 2.05) is 0 Å². The van der Waals surface area contributed by atoms with Crippen molar-refractivity contribution in [3.05, 3.63) is 52.6 Å². The van der Waals surface area contributed by atoms with E-state index in [1.165, 1.54) is 13.2 Å². The Morgan fingerprint density at radius 2 is 2.06 bits per heavy atom. The quantitative estimate of drug-likeness (QED) is 0.333. The molecule has 0 aliphatic carbocycles. The SMILES string of the molecule is C=CC(=O)OC.Cc1ccccc1[N+](=O)[O-]. The number of aryl methyl sites for hydroxylation is 1. The van der Waals surface area contributed by atoms with Gasteiger partial charge in [-0.2, -0.15) is 0 Å². The first-order valence-electron chi connectivity index (χ1n) is 4.43. The molecule has 0 heterocycles. The number of hydrogen-bond acceptors (Lipinski definition) is 4. The molecule has 1 aromatic carbocycles. The summed E-state index contributed by atoms with van der Waals surface area (Å²) in [5.74, 6) is -0.394. The largest absolute Gasteiger partial charge is 0.466 e. The highest BCUT2D eigenvalue weighted by atomic mass is 16.6. The molecule has 0 saturated carbocycles. The van der Waals surface area contributed by atoms with Crippen LogP contribution in [0.3, 0.4) is 0 Å². The fraction of sp³-hybridized carbons (Fsp3) is 0.182. The van der Waals surface area contributed by atoms with Gasteiger partial charge in [-0.25, -0.2) is 4.79 Å². The molecule has 0 N–H and O–H groups in total. The van der Waals surface area contributed by atoms with Crippen molar-refractivity contribution in [3.63, 3.8) is 0 Å². The Labute approximate surface area is 93.5 Å². The minimum atomic E-state index is -0.394. The van der Waals surface area contributed by atoms with Gasteiger partial charge >= 0.3 is 5.97 Å². The minimum absolute atomic E-state index is 0.183. The van der Waals surface area contributed by atoms with Crippen LogP contribution in [0.15, 0.2) is 36.9 Å². The molecule has 0 amide bonds. The number of nitro benzene ring substituents is 1. The number of para-hydroxylation sites is 1. The van der Waals surface area contributed by atoms with Gasteiger partial charge in [0.1, 0.15) is 0 Å². The molecular weight excluding hydrogens is 210 g/mol. The average Bonchev–Trinajstić information content (AvgIpc) is 2.29. The summed E-state index contributed by atoms with van der Waals surface area (Å²) in [6.45, 7) is 4.88. The summed E-state index contributed by atoms with van der Waals surface area (Å²) in [5, 5.41) is 10.2. The van der Waals surface area contributed by atoms with E-state index in [0.29, 0.717) is 5.56 Å². The Hall–Kier alpha value is -2.17. The molecule has 0 bridgehead atoms. The number of methoxy groups -OCH3 is 1. The molecule has 0 atom stereocenters.